The average Bonchev–Trinajstić information content (AvgIpc) is 3.23. The summed E-state index contributed by atoms with van der Waals surface area (Å²) in [5, 5.41) is 2.67. The van der Waals surface area contributed by atoms with Gasteiger partial charge in [0.05, 0.1) is 0 Å². The van der Waals surface area contributed by atoms with E-state index in [4.69, 9.17) is 0 Å². The number of hydrogen-bond acceptors (Lipinski definition) is 0. The number of allylic oxidation sites excluding steroid dienone is 4. The Hall–Kier alpha value is -0.790. The van der Waals surface area contributed by atoms with Gasteiger partial charge in [-0.15, -0.1) is 78.4 Å². The molecule has 4 rings (SSSR count). The third-order valence-electron chi connectivity index (χ3n) is 6.27. The van der Waals surface area contributed by atoms with Gasteiger partial charge in [-0.3, -0.25) is 6.08 Å². The van der Waals surface area contributed by atoms with Crippen molar-refractivity contribution in [2.24, 2.45) is 5.92 Å². The van der Waals surface area contributed by atoms with Gasteiger partial charge in [0.1, 0.15) is 0 Å². The van der Waals surface area contributed by atoms with Crippen molar-refractivity contribution in [3.05, 3.63) is 88.0 Å². The zero-order chi connectivity index (χ0) is 23.3. The molecule has 3 aromatic carbocycles. The number of aryl methyl sites for hydroxylation is 1. The summed E-state index contributed by atoms with van der Waals surface area (Å²) in [6, 6.07) is 17.5. The molecule has 33 heavy (non-hydrogen) atoms. The molecule has 176 valence electrons. The van der Waals surface area contributed by atoms with Crippen LogP contribution < -0.4 is 0 Å². The standard InChI is InChI=1S/C18H17.C9H13.C2H6Si.2ClH.Zr/c1-12-8-10-16(14(3)13(12)2)18-11-9-15-6-4-5-7-17(15)18;1-6-5-7(2)9(4)8(6)3;1-3-2;;;/h4-11H,1-3H3;6H,1-4H3;1-2H3;2*1H;/q2*-1;;;;+2. The van der Waals surface area contributed by atoms with Crippen LogP contribution in [0.25, 0.3) is 21.9 Å². The molecule has 0 saturated heterocycles. The molecular weight excluding hydrogens is 539 g/mol. The number of benzene rings is 2. The Kier molecular flexibility index (Phi) is 14.2. The fraction of sp³-hybridized carbons (Fsp3) is 0.345. The SMILES string of the molecule is CC1=[C-]C(C)C(C)=C1C.C[Si](C)=[Zr+2].Cc1ccc(-c2c[cH-]c3ccccc23)c(C)c1C.Cl.Cl. The van der Waals surface area contributed by atoms with Crippen molar-refractivity contribution in [1.29, 1.82) is 0 Å². The smallest absolute Gasteiger partial charge is 0.0393 e. The Balaban J connectivity index is 0.000000580. The van der Waals surface area contributed by atoms with E-state index in [1.54, 1.807) is 23.3 Å². The first-order valence-electron chi connectivity index (χ1n) is 11.1. The first kappa shape index (κ1) is 32.2. The summed E-state index contributed by atoms with van der Waals surface area (Å²) in [4.78, 5) is 0. The Bertz CT molecular complexity index is 1150. The van der Waals surface area contributed by atoms with Crippen molar-refractivity contribution < 1.29 is 23.3 Å². The molecule has 0 aliphatic heterocycles. The van der Waals surface area contributed by atoms with Crippen LogP contribution >= 0.6 is 24.8 Å². The molecule has 3 aromatic rings. The van der Waals surface area contributed by atoms with Crippen LogP contribution in [0, 0.1) is 32.8 Å². The van der Waals surface area contributed by atoms with Gasteiger partial charge in [-0.05, 0) is 31.9 Å². The van der Waals surface area contributed by atoms with Gasteiger partial charge in [0.25, 0.3) is 0 Å². The predicted molar refractivity (Wildman–Crippen MR) is 151 cm³/mol. The zero-order valence-corrected chi connectivity index (χ0v) is 26.6. The van der Waals surface area contributed by atoms with Crippen LogP contribution in [0.15, 0.2) is 65.3 Å². The predicted octanol–water partition coefficient (Wildman–Crippen LogP) is 9.50. The first-order chi connectivity index (χ1) is 14.5. The second-order valence-electron chi connectivity index (χ2n) is 8.81. The van der Waals surface area contributed by atoms with Crippen LogP contribution in [0.1, 0.15) is 44.4 Å². The van der Waals surface area contributed by atoms with Gasteiger partial charge in [-0.1, -0.05) is 56.0 Å². The maximum atomic E-state index is 3.36. The minimum atomic E-state index is 0. The number of rotatable bonds is 1. The van der Waals surface area contributed by atoms with Crippen molar-refractivity contribution in [2.45, 2.75) is 61.6 Å². The molecule has 0 fully saturated rings. The summed E-state index contributed by atoms with van der Waals surface area (Å²) in [6.07, 6.45) is 3.36. The Labute approximate surface area is 229 Å². The van der Waals surface area contributed by atoms with Gasteiger partial charge in [-0.25, -0.2) is 5.57 Å². The van der Waals surface area contributed by atoms with E-state index >= 15 is 0 Å². The monoisotopic (exact) mass is 574 g/mol. The maximum Gasteiger partial charge on any atom is -0.0393 e. The summed E-state index contributed by atoms with van der Waals surface area (Å²) in [6.45, 7) is 19.9. The van der Waals surface area contributed by atoms with E-state index in [0.29, 0.717) is 5.92 Å². The number of hydrogen-bond donors (Lipinski definition) is 0. The summed E-state index contributed by atoms with van der Waals surface area (Å²) in [7, 11) is 0. The van der Waals surface area contributed by atoms with E-state index in [-0.39, 0.29) is 30.2 Å². The molecule has 1 unspecified atom stereocenters. The summed E-state index contributed by atoms with van der Waals surface area (Å²) < 4.78 is 0. The fourth-order valence-corrected chi connectivity index (χ4v) is 3.80. The Morgan fingerprint density at radius 1 is 0.848 bits per heavy atom. The molecule has 0 heterocycles. The van der Waals surface area contributed by atoms with Crippen LogP contribution in [0.5, 0.6) is 0 Å². The van der Waals surface area contributed by atoms with Gasteiger partial charge in [0.15, 0.2) is 0 Å². The van der Waals surface area contributed by atoms with E-state index in [1.807, 2.05) is 0 Å². The van der Waals surface area contributed by atoms with Gasteiger partial charge in [0, 0.05) is 0 Å². The average molecular weight is 577 g/mol. The molecule has 0 N–H and O–H groups in total. The van der Waals surface area contributed by atoms with Crippen LogP contribution in [-0.2, 0) is 23.3 Å². The molecule has 1 aliphatic carbocycles. The Morgan fingerprint density at radius 2 is 1.42 bits per heavy atom. The quantitative estimate of drug-likeness (QED) is 0.200. The summed E-state index contributed by atoms with van der Waals surface area (Å²) >= 11 is 1.74. The van der Waals surface area contributed by atoms with E-state index in [1.165, 1.54) is 55.3 Å². The topological polar surface area (TPSA) is 0 Å². The van der Waals surface area contributed by atoms with Gasteiger partial charge in [0.2, 0.25) is 0 Å². The molecule has 4 heteroatoms. The van der Waals surface area contributed by atoms with Crippen LogP contribution in [-0.4, -0.2) is 5.43 Å². The maximum absolute atomic E-state index is 3.36. The molecule has 0 nitrogen and oxygen atoms in total. The molecule has 0 aromatic heterocycles. The fourth-order valence-electron chi connectivity index (χ4n) is 3.80. The van der Waals surface area contributed by atoms with Crippen molar-refractivity contribution >= 4 is 41.0 Å². The normalized spacial score (nSPS) is 14.3. The number of halogens is 2. The van der Waals surface area contributed by atoms with Crippen molar-refractivity contribution in [2.75, 3.05) is 0 Å². The van der Waals surface area contributed by atoms with Gasteiger partial charge in [-0.2, -0.15) is 11.1 Å². The zero-order valence-electron chi connectivity index (χ0n) is 21.5. The minimum absolute atomic E-state index is 0. The van der Waals surface area contributed by atoms with Crippen molar-refractivity contribution in [1.82, 2.24) is 0 Å². The molecule has 0 radical (unpaired) electrons. The van der Waals surface area contributed by atoms with E-state index in [9.17, 15) is 0 Å². The second kappa shape index (κ2) is 14.6. The van der Waals surface area contributed by atoms with Crippen LogP contribution in [0.4, 0.5) is 0 Å². The molecule has 0 amide bonds. The third kappa shape index (κ3) is 8.43. The summed E-state index contributed by atoms with van der Waals surface area (Å²) in [5.41, 5.74) is 11.3. The minimum Gasteiger partial charge on any atom is -0.150 e. The van der Waals surface area contributed by atoms with Crippen LogP contribution in [0.2, 0.25) is 13.1 Å². The molecule has 0 bridgehead atoms. The van der Waals surface area contributed by atoms with Gasteiger partial charge >= 0.3 is 41.9 Å². The van der Waals surface area contributed by atoms with Crippen molar-refractivity contribution in [3.8, 4) is 11.1 Å². The molecule has 0 saturated carbocycles. The van der Waals surface area contributed by atoms with Crippen molar-refractivity contribution in [3.63, 3.8) is 0 Å². The van der Waals surface area contributed by atoms with E-state index in [0.717, 1.165) is 0 Å². The molecule has 1 aliphatic rings. The first-order valence-corrected chi connectivity index (χ1v) is 17.2. The third-order valence-corrected chi connectivity index (χ3v) is 6.27. The Morgan fingerprint density at radius 3 is 1.91 bits per heavy atom. The summed E-state index contributed by atoms with van der Waals surface area (Å²) in [5.74, 6) is 0.560. The largest absolute Gasteiger partial charge is 0.150 e. The van der Waals surface area contributed by atoms with E-state index in [2.05, 4.69) is 116 Å². The second-order valence-corrected chi connectivity index (χ2v) is 18.2. The number of fused-ring (bicyclic) bond motifs is 1. The van der Waals surface area contributed by atoms with E-state index < -0.39 is 0 Å². The van der Waals surface area contributed by atoms with Crippen LogP contribution in [0.3, 0.4) is 0 Å². The molecular formula is C29H38Cl2SiZr. The molecule has 1 atom stereocenters. The molecule has 0 spiro atoms. The van der Waals surface area contributed by atoms with Gasteiger partial charge < -0.3 is 0 Å².